The van der Waals surface area contributed by atoms with E-state index in [-0.39, 0.29) is 12.5 Å². The average Bonchev–Trinajstić information content (AvgIpc) is 2.35. The van der Waals surface area contributed by atoms with Crippen LogP contribution in [0.1, 0.15) is 15.9 Å². The van der Waals surface area contributed by atoms with Gasteiger partial charge in [-0.05, 0) is 23.8 Å². The van der Waals surface area contributed by atoms with Gasteiger partial charge in [0.05, 0.1) is 6.54 Å². The molecule has 1 aromatic rings. The Morgan fingerprint density at radius 3 is 2.63 bits per heavy atom. The number of carboxylic acids is 1. The quantitative estimate of drug-likeness (QED) is 0.747. The minimum absolute atomic E-state index is 0.173. The number of nitrogens with two attached hydrogens (primary N) is 1. The Hall–Kier alpha value is -2.63. The predicted molar refractivity (Wildman–Crippen MR) is 69.3 cm³/mol. The van der Waals surface area contributed by atoms with Crippen LogP contribution in [-0.2, 0) is 9.59 Å². The van der Waals surface area contributed by atoms with E-state index in [0.29, 0.717) is 11.1 Å². The molecule has 0 aliphatic carbocycles. The Kier molecular flexibility index (Phi) is 4.82. The van der Waals surface area contributed by atoms with Gasteiger partial charge in [-0.2, -0.15) is 0 Å². The zero-order chi connectivity index (χ0) is 14.4. The van der Waals surface area contributed by atoms with E-state index in [4.69, 9.17) is 10.8 Å². The highest BCUT2D eigenvalue weighted by Gasteiger charge is 2.13. The van der Waals surface area contributed by atoms with Gasteiger partial charge in [-0.25, -0.2) is 4.79 Å². The van der Waals surface area contributed by atoms with E-state index < -0.39 is 11.9 Å². The molecule has 3 N–H and O–H groups in total. The van der Waals surface area contributed by atoms with Crippen molar-refractivity contribution in [3.8, 4) is 0 Å². The van der Waals surface area contributed by atoms with Gasteiger partial charge in [0.25, 0.3) is 5.91 Å². The van der Waals surface area contributed by atoms with Crippen LogP contribution in [0.3, 0.4) is 0 Å². The summed E-state index contributed by atoms with van der Waals surface area (Å²) in [6, 6.07) is 6.42. The summed E-state index contributed by atoms with van der Waals surface area (Å²) in [4.78, 5) is 34.3. The van der Waals surface area contributed by atoms with E-state index in [1.807, 2.05) is 0 Å². The maximum atomic E-state index is 11.9. The van der Waals surface area contributed by atoms with E-state index in [2.05, 4.69) is 0 Å². The first-order valence-corrected chi connectivity index (χ1v) is 5.45. The number of hydrogen-bond acceptors (Lipinski definition) is 3. The van der Waals surface area contributed by atoms with E-state index in [9.17, 15) is 14.4 Å². The third-order valence-corrected chi connectivity index (χ3v) is 2.29. The fraction of sp³-hybridized carbons (Fsp3) is 0.154. The fourth-order valence-electron chi connectivity index (χ4n) is 1.47. The van der Waals surface area contributed by atoms with E-state index in [0.717, 1.165) is 6.08 Å². The molecular formula is C13H14N2O4. The van der Waals surface area contributed by atoms with Gasteiger partial charge in [0, 0.05) is 18.7 Å². The number of aliphatic carboxylic acids is 1. The van der Waals surface area contributed by atoms with E-state index >= 15 is 0 Å². The maximum absolute atomic E-state index is 11.9. The van der Waals surface area contributed by atoms with Gasteiger partial charge in [0.1, 0.15) is 0 Å². The molecule has 0 atom stereocenters. The topological polar surface area (TPSA) is 101 Å². The Bertz CT molecular complexity index is 537. The molecule has 0 fully saturated rings. The number of hydrogen-bond donors (Lipinski definition) is 2. The molecule has 0 heterocycles. The average molecular weight is 262 g/mol. The molecule has 0 bridgehead atoms. The molecule has 1 aromatic carbocycles. The lowest BCUT2D eigenvalue weighted by Crippen LogP contribution is -2.35. The number of nitrogens with zero attached hydrogens (tertiary/aromatic N) is 1. The summed E-state index contributed by atoms with van der Waals surface area (Å²) < 4.78 is 0. The summed E-state index contributed by atoms with van der Waals surface area (Å²) in [5, 5.41) is 8.53. The number of carbonyl (C=O) groups excluding carboxylic acids is 2. The fourth-order valence-corrected chi connectivity index (χ4v) is 1.47. The molecule has 0 saturated carbocycles. The summed E-state index contributed by atoms with van der Waals surface area (Å²) >= 11 is 0. The second kappa shape index (κ2) is 6.34. The van der Waals surface area contributed by atoms with Gasteiger partial charge >= 0.3 is 5.97 Å². The van der Waals surface area contributed by atoms with Crippen molar-refractivity contribution >= 4 is 23.9 Å². The van der Waals surface area contributed by atoms with Crippen LogP contribution in [0.15, 0.2) is 30.3 Å². The molecule has 0 unspecified atom stereocenters. The smallest absolute Gasteiger partial charge is 0.328 e. The largest absolute Gasteiger partial charge is 0.478 e. The summed E-state index contributed by atoms with van der Waals surface area (Å²) in [6.07, 6.45) is 2.36. The highest BCUT2D eigenvalue weighted by Crippen LogP contribution is 2.09. The zero-order valence-corrected chi connectivity index (χ0v) is 10.4. The number of likely N-dealkylation sites (N-methyl/N-ethyl adjacent to an activating group) is 1. The van der Waals surface area contributed by atoms with Crippen molar-refractivity contribution in [2.24, 2.45) is 5.73 Å². The van der Waals surface area contributed by atoms with Gasteiger partial charge in [-0.15, -0.1) is 0 Å². The molecule has 0 aromatic heterocycles. The van der Waals surface area contributed by atoms with Crippen molar-refractivity contribution in [3.63, 3.8) is 0 Å². The molecular weight excluding hydrogens is 248 g/mol. The molecule has 0 aliphatic heterocycles. The van der Waals surface area contributed by atoms with Crippen molar-refractivity contribution in [2.45, 2.75) is 0 Å². The van der Waals surface area contributed by atoms with Gasteiger partial charge < -0.3 is 15.7 Å². The third-order valence-electron chi connectivity index (χ3n) is 2.29. The minimum atomic E-state index is -1.07. The highest BCUT2D eigenvalue weighted by atomic mass is 16.4. The Balaban J connectivity index is 2.89. The van der Waals surface area contributed by atoms with Crippen LogP contribution in [0.25, 0.3) is 6.08 Å². The second-order valence-electron chi connectivity index (χ2n) is 3.92. The Labute approximate surface area is 110 Å². The predicted octanol–water partition coefficient (Wildman–Crippen LogP) is 0.342. The molecule has 19 heavy (non-hydrogen) atoms. The van der Waals surface area contributed by atoms with Crippen LogP contribution in [0.2, 0.25) is 0 Å². The van der Waals surface area contributed by atoms with Crippen molar-refractivity contribution in [1.82, 2.24) is 4.90 Å². The number of rotatable bonds is 5. The molecule has 2 amide bonds. The molecule has 100 valence electrons. The lowest BCUT2D eigenvalue weighted by Gasteiger charge is -2.15. The van der Waals surface area contributed by atoms with Crippen LogP contribution >= 0.6 is 0 Å². The first-order chi connectivity index (χ1) is 8.90. The van der Waals surface area contributed by atoms with E-state index in [1.54, 1.807) is 24.3 Å². The first-order valence-electron chi connectivity index (χ1n) is 5.45. The van der Waals surface area contributed by atoms with Crippen LogP contribution < -0.4 is 5.73 Å². The summed E-state index contributed by atoms with van der Waals surface area (Å²) in [6.45, 7) is -0.173. The van der Waals surface area contributed by atoms with Crippen LogP contribution in [-0.4, -0.2) is 41.4 Å². The molecule has 0 spiro atoms. The van der Waals surface area contributed by atoms with Crippen LogP contribution in [0, 0.1) is 0 Å². The monoisotopic (exact) mass is 262 g/mol. The van der Waals surface area contributed by atoms with E-state index in [1.165, 1.54) is 18.0 Å². The third kappa shape index (κ3) is 4.63. The van der Waals surface area contributed by atoms with Gasteiger partial charge in [-0.3, -0.25) is 9.59 Å². The number of carboxylic acid groups (broad SMARTS) is 1. The molecule has 0 saturated heterocycles. The number of benzene rings is 1. The number of carbonyl (C=O) groups is 3. The van der Waals surface area contributed by atoms with Gasteiger partial charge in [-0.1, -0.05) is 12.1 Å². The van der Waals surface area contributed by atoms with Gasteiger partial charge in [0.15, 0.2) is 0 Å². The van der Waals surface area contributed by atoms with Crippen LogP contribution in [0.4, 0.5) is 0 Å². The lowest BCUT2D eigenvalue weighted by atomic mass is 10.1. The highest BCUT2D eigenvalue weighted by molar-refractivity contribution is 5.96. The minimum Gasteiger partial charge on any atom is -0.478 e. The summed E-state index contributed by atoms with van der Waals surface area (Å²) in [7, 11) is 1.47. The zero-order valence-electron chi connectivity index (χ0n) is 10.4. The molecule has 6 nitrogen and oxygen atoms in total. The standard InChI is InChI=1S/C13H14N2O4/c1-15(8-11(14)16)13(19)10-4-2-3-9(7-10)5-6-12(17)18/h2-7H,8H2,1H3,(H2,14,16)(H,17,18)/b6-5+. The van der Waals surface area contributed by atoms with Crippen molar-refractivity contribution in [2.75, 3.05) is 13.6 Å². The molecule has 1 rings (SSSR count). The van der Waals surface area contributed by atoms with Crippen molar-refractivity contribution in [3.05, 3.63) is 41.5 Å². The number of amides is 2. The normalized spacial score (nSPS) is 10.4. The number of primary amides is 1. The maximum Gasteiger partial charge on any atom is 0.328 e. The summed E-state index contributed by atoms with van der Waals surface area (Å²) in [5.74, 6) is -2.02. The Morgan fingerprint density at radius 1 is 1.37 bits per heavy atom. The lowest BCUT2D eigenvalue weighted by molar-refractivity contribution is -0.131. The second-order valence-corrected chi connectivity index (χ2v) is 3.92. The van der Waals surface area contributed by atoms with Crippen molar-refractivity contribution in [1.29, 1.82) is 0 Å². The SMILES string of the molecule is CN(CC(N)=O)C(=O)c1cccc(/C=C/C(=O)O)c1. The van der Waals surface area contributed by atoms with Gasteiger partial charge in [0.2, 0.25) is 5.91 Å². The first kappa shape index (κ1) is 14.4. The van der Waals surface area contributed by atoms with Crippen molar-refractivity contribution < 1.29 is 19.5 Å². The molecule has 6 heteroatoms. The Morgan fingerprint density at radius 2 is 2.05 bits per heavy atom. The summed E-state index contributed by atoms with van der Waals surface area (Å²) in [5.41, 5.74) is 5.95. The molecule has 0 radical (unpaired) electrons. The van der Waals surface area contributed by atoms with Crippen LogP contribution in [0.5, 0.6) is 0 Å². The molecule has 0 aliphatic rings.